The number of benzene rings is 1. The minimum absolute atomic E-state index is 0.117. The molecule has 0 fully saturated rings. The van der Waals surface area contributed by atoms with E-state index in [1.807, 2.05) is 31.2 Å². The highest BCUT2D eigenvalue weighted by Gasteiger charge is 2.16. The first-order valence-corrected chi connectivity index (χ1v) is 5.38. The van der Waals surface area contributed by atoms with E-state index in [4.69, 9.17) is 20.7 Å². The van der Waals surface area contributed by atoms with Gasteiger partial charge in [0, 0.05) is 6.42 Å². The highest BCUT2D eigenvalue weighted by Crippen LogP contribution is 2.23. The molecule has 1 aromatic rings. The average molecular weight is 239 g/mol. The fourth-order valence-electron chi connectivity index (χ4n) is 1.52. The zero-order valence-corrected chi connectivity index (χ0v) is 9.67. The number of aryl methyl sites for hydroxylation is 1. The van der Waals surface area contributed by atoms with Crippen LogP contribution >= 0.6 is 0 Å². The predicted octanol–water partition coefficient (Wildman–Crippen LogP) is 1.22. The lowest BCUT2D eigenvalue weighted by atomic mass is 10.0. The molecular weight excluding hydrogens is 222 g/mol. The summed E-state index contributed by atoms with van der Waals surface area (Å²) in [6.45, 7) is 1.95. The lowest BCUT2D eigenvalue weighted by Gasteiger charge is -2.17. The van der Waals surface area contributed by atoms with E-state index in [9.17, 15) is 4.79 Å². The van der Waals surface area contributed by atoms with Gasteiger partial charge < -0.3 is 20.7 Å². The summed E-state index contributed by atoms with van der Waals surface area (Å²) in [5.41, 5.74) is 6.86. The molecule has 0 heterocycles. The summed E-state index contributed by atoms with van der Waals surface area (Å²) in [4.78, 5) is 10.8. The molecule has 0 aliphatic rings. The monoisotopic (exact) mass is 239 g/mol. The van der Waals surface area contributed by atoms with Crippen molar-refractivity contribution in [3.63, 3.8) is 0 Å². The maximum Gasteiger partial charge on any atom is 0.405 e. The van der Waals surface area contributed by atoms with E-state index in [1.165, 1.54) is 0 Å². The second-order valence-electron chi connectivity index (χ2n) is 3.89. The van der Waals surface area contributed by atoms with Gasteiger partial charge in [0.1, 0.15) is 6.10 Å². The van der Waals surface area contributed by atoms with Gasteiger partial charge in [-0.1, -0.05) is 29.8 Å². The standard InChI is InChI=1S/C12H17NO4/c1-8-2-4-9(5-3-8)10(17-12(13)16)6-7-11(14)15/h2-5,10-11,14-15H,6-7H2,1H3,(H2,13,16). The topological polar surface area (TPSA) is 92.8 Å². The van der Waals surface area contributed by atoms with Crippen molar-refractivity contribution < 1.29 is 19.7 Å². The molecule has 17 heavy (non-hydrogen) atoms. The van der Waals surface area contributed by atoms with E-state index in [0.29, 0.717) is 6.42 Å². The van der Waals surface area contributed by atoms with E-state index in [2.05, 4.69) is 0 Å². The zero-order valence-electron chi connectivity index (χ0n) is 9.67. The van der Waals surface area contributed by atoms with Crippen molar-refractivity contribution in [2.75, 3.05) is 0 Å². The van der Waals surface area contributed by atoms with Crippen LogP contribution in [0.5, 0.6) is 0 Å². The predicted molar refractivity (Wildman–Crippen MR) is 62.0 cm³/mol. The summed E-state index contributed by atoms with van der Waals surface area (Å²) in [5.74, 6) is 0. The number of aliphatic hydroxyl groups excluding tert-OH is 1. The Morgan fingerprint density at radius 1 is 1.29 bits per heavy atom. The van der Waals surface area contributed by atoms with Crippen molar-refractivity contribution in [2.24, 2.45) is 5.73 Å². The Morgan fingerprint density at radius 2 is 1.88 bits per heavy atom. The van der Waals surface area contributed by atoms with Crippen molar-refractivity contribution in [1.29, 1.82) is 0 Å². The van der Waals surface area contributed by atoms with Crippen LogP contribution in [-0.4, -0.2) is 22.6 Å². The van der Waals surface area contributed by atoms with Gasteiger partial charge in [0.25, 0.3) is 0 Å². The van der Waals surface area contributed by atoms with Gasteiger partial charge in [0.05, 0.1) is 0 Å². The quantitative estimate of drug-likeness (QED) is 0.673. The van der Waals surface area contributed by atoms with Gasteiger partial charge in [-0.3, -0.25) is 0 Å². The normalized spacial score (nSPS) is 12.5. The van der Waals surface area contributed by atoms with Crippen LogP contribution in [0.15, 0.2) is 24.3 Å². The van der Waals surface area contributed by atoms with Crippen LogP contribution in [0.2, 0.25) is 0 Å². The van der Waals surface area contributed by atoms with E-state index >= 15 is 0 Å². The molecule has 4 N–H and O–H groups in total. The van der Waals surface area contributed by atoms with E-state index < -0.39 is 18.5 Å². The first-order chi connectivity index (χ1) is 7.99. The van der Waals surface area contributed by atoms with Crippen LogP contribution in [0, 0.1) is 6.92 Å². The fourth-order valence-corrected chi connectivity index (χ4v) is 1.52. The summed E-state index contributed by atoms with van der Waals surface area (Å²) in [6.07, 6.45) is -2.41. The Labute approximate surface area is 99.8 Å². The molecule has 0 aromatic heterocycles. The lowest BCUT2D eigenvalue weighted by Crippen LogP contribution is -2.19. The van der Waals surface area contributed by atoms with Gasteiger partial charge in [0.2, 0.25) is 0 Å². The Hall–Kier alpha value is -1.59. The lowest BCUT2D eigenvalue weighted by molar-refractivity contribution is -0.0537. The second kappa shape index (κ2) is 6.22. The number of amides is 1. The Balaban J connectivity index is 2.74. The molecule has 0 aliphatic heterocycles. The van der Waals surface area contributed by atoms with Crippen LogP contribution in [0.4, 0.5) is 4.79 Å². The molecule has 0 saturated heterocycles. The van der Waals surface area contributed by atoms with E-state index in [-0.39, 0.29) is 6.42 Å². The third kappa shape index (κ3) is 4.84. The smallest absolute Gasteiger partial charge is 0.405 e. The van der Waals surface area contributed by atoms with E-state index in [1.54, 1.807) is 0 Å². The number of primary amides is 1. The minimum atomic E-state index is -1.42. The number of hydrogen-bond acceptors (Lipinski definition) is 4. The van der Waals surface area contributed by atoms with Gasteiger partial charge >= 0.3 is 6.09 Å². The molecule has 0 aliphatic carbocycles. The van der Waals surface area contributed by atoms with Crippen LogP contribution < -0.4 is 5.73 Å². The molecule has 1 amide bonds. The molecule has 0 saturated carbocycles. The molecular formula is C12H17NO4. The molecule has 1 aromatic carbocycles. The molecule has 0 radical (unpaired) electrons. The summed E-state index contributed by atoms with van der Waals surface area (Å²) in [5, 5.41) is 17.6. The number of ether oxygens (including phenoxy) is 1. The van der Waals surface area contributed by atoms with Gasteiger partial charge in [-0.2, -0.15) is 0 Å². The van der Waals surface area contributed by atoms with Crippen molar-refractivity contribution in [3.8, 4) is 0 Å². The molecule has 0 bridgehead atoms. The van der Waals surface area contributed by atoms with Crippen molar-refractivity contribution >= 4 is 6.09 Å². The largest absolute Gasteiger partial charge is 0.442 e. The molecule has 1 atom stereocenters. The number of carbonyl (C=O) groups excluding carboxylic acids is 1. The molecule has 1 rings (SSSR count). The molecule has 5 heteroatoms. The number of nitrogens with two attached hydrogens (primary N) is 1. The maximum absolute atomic E-state index is 10.8. The zero-order chi connectivity index (χ0) is 12.8. The van der Waals surface area contributed by atoms with Crippen molar-refractivity contribution in [2.45, 2.75) is 32.2 Å². The van der Waals surface area contributed by atoms with Gasteiger partial charge in [-0.05, 0) is 18.9 Å². The first-order valence-electron chi connectivity index (χ1n) is 5.38. The molecule has 1 unspecified atom stereocenters. The number of hydrogen-bond donors (Lipinski definition) is 3. The Bertz CT molecular complexity index is 361. The average Bonchev–Trinajstić information content (AvgIpc) is 2.25. The Morgan fingerprint density at radius 3 is 2.35 bits per heavy atom. The SMILES string of the molecule is Cc1ccc(C(CCC(O)O)OC(N)=O)cc1. The third-order valence-corrected chi connectivity index (χ3v) is 2.39. The molecule has 5 nitrogen and oxygen atoms in total. The number of aliphatic hydroxyl groups is 2. The van der Waals surface area contributed by atoms with Crippen molar-refractivity contribution in [3.05, 3.63) is 35.4 Å². The minimum Gasteiger partial charge on any atom is -0.442 e. The van der Waals surface area contributed by atoms with Crippen LogP contribution in [0.1, 0.15) is 30.1 Å². The van der Waals surface area contributed by atoms with Crippen LogP contribution in [-0.2, 0) is 4.74 Å². The molecule has 94 valence electrons. The van der Waals surface area contributed by atoms with Gasteiger partial charge in [-0.25, -0.2) is 4.79 Å². The highest BCUT2D eigenvalue weighted by atomic mass is 16.6. The van der Waals surface area contributed by atoms with Crippen LogP contribution in [0.25, 0.3) is 0 Å². The number of rotatable bonds is 5. The number of carbonyl (C=O) groups is 1. The van der Waals surface area contributed by atoms with Crippen LogP contribution in [0.3, 0.4) is 0 Å². The summed E-state index contributed by atoms with van der Waals surface area (Å²) >= 11 is 0. The second-order valence-corrected chi connectivity index (χ2v) is 3.89. The van der Waals surface area contributed by atoms with E-state index in [0.717, 1.165) is 11.1 Å². The fraction of sp³-hybridized carbons (Fsp3) is 0.417. The summed E-state index contributed by atoms with van der Waals surface area (Å²) in [7, 11) is 0. The molecule has 0 spiro atoms. The van der Waals surface area contributed by atoms with Gasteiger partial charge in [0.15, 0.2) is 6.29 Å². The first kappa shape index (κ1) is 13.5. The van der Waals surface area contributed by atoms with Crippen molar-refractivity contribution in [1.82, 2.24) is 0 Å². The third-order valence-electron chi connectivity index (χ3n) is 2.39. The Kier molecular flexibility index (Phi) is 4.93. The maximum atomic E-state index is 10.8. The summed E-state index contributed by atoms with van der Waals surface area (Å²) < 4.78 is 4.94. The van der Waals surface area contributed by atoms with Gasteiger partial charge in [-0.15, -0.1) is 0 Å². The highest BCUT2D eigenvalue weighted by molar-refractivity contribution is 5.65. The summed E-state index contributed by atoms with van der Waals surface area (Å²) in [6, 6.07) is 7.43.